The summed E-state index contributed by atoms with van der Waals surface area (Å²) in [5.74, 6) is -0.142. The fourth-order valence-electron chi connectivity index (χ4n) is 4.26. The molecule has 1 N–H and O–H groups in total. The molecule has 10 heteroatoms. The summed E-state index contributed by atoms with van der Waals surface area (Å²) in [6.45, 7) is 4.82. The second-order valence-electron chi connectivity index (χ2n) is 8.03. The highest BCUT2D eigenvalue weighted by Gasteiger charge is 2.39. The number of rotatable bonds is 5. The number of amides is 1. The van der Waals surface area contributed by atoms with Crippen LogP contribution in [0, 0.1) is 0 Å². The summed E-state index contributed by atoms with van der Waals surface area (Å²) in [4.78, 5) is 23.0. The molecule has 2 aromatic heterocycles. The smallest absolute Gasteiger partial charge is 0.262 e. The van der Waals surface area contributed by atoms with Crippen LogP contribution in [0.25, 0.3) is 10.9 Å². The van der Waals surface area contributed by atoms with Gasteiger partial charge in [-0.2, -0.15) is 4.31 Å². The fraction of sp³-hybridized carbons (Fsp3) is 0.381. The van der Waals surface area contributed by atoms with E-state index in [4.69, 9.17) is 0 Å². The molecule has 164 valence electrons. The highest BCUT2D eigenvalue weighted by molar-refractivity contribution is 7.89. The number of sulfonamides is 1. The van der Waals surface area contributed by atoms with Gasteiger partial charge in [0.05, 0.1) is 24.1 Å². The van der Waals surface area contributed by atoms with Crippen molar-refractivity contribution in [3.8, 4) is 0 Å². The first-order chi connectivity index (χ1) is 14.8. The van der Waals surface area contributed by atoms with Crippen molar-refractivity contribution in [1.82, 2.24) is 23.7 Å². The van der Waals surface area contributed by atoms with Gasteiger partial charge < -0.3 is 9.88 Å². The summed E-state index contributed by atoms with van der Waals surface area (Å²) in [5, 5.41) is 3.89. The van der Waals surface area contributed by atoms with E-state index in [0.717, 1.165) is 10.9 Å². The Kier molecular flexibility index (Phi) is 5.78. The molecule has 3 heterocycles. The molecular weight excluding hydrogens is 416 g/mol. The topological polar surface area (TPSA) is 100 Å². The summed E-state index contributed by atoms with van der Waals surface area (Å²) in [6.07, 6.45) is 4.70. The van der Waals surface area contributed by atoms with Crippen LogP contribution in [0.4, 0.5) is 5.69 Å². The summed E-state index contributed by atoms with van der Waals surface area (Å²) in [6, 6.07) is 8.79. The van der Waals surface area contributed by atoms with Gasteiger partial charge in [-0.05, 0) is 38.1 Å². The van der Waals surface area contributed by atoms with E-state index in [9.17, 15) is 13.2 Å². The van der Waals surface area contributed by atoms with E-state index in [0.29, 0.717) is 18.8 Å². The van der Waals surface area contributed by atoms with Crippen molar-refractivity contribution in [2.75, 3.05) is 25.0 Å². The molecule has 1 saturated heterocycles. The lowest BCUT2D eigenvalue weighted by Gasteiger charge is -2.42. The Morgan fingerprint density at radius 3 is 2.55 bits per heavy atom. The predicted octanol–water partition coefficient (Wildman–Crippen LogP) is 1.69. The number of anilines is 1. The number of carbonyl (C=O) groups excluding carboxylic acids is 1. The largest absolute Gasteiger partial charge is 0.339 e. The molecular formula is C21H26N6O3S. The zero-order valence-corrected chi connectivity index (χ0v) is 18.6. The van der Waals surface area contributed by atoms with E-state index in [1.807, 2.05) is 49.1 Å². The van der Waals surface area contributed by atoms with Gasteiger partial charge >= 0.3 is 0 Å². The molecule has 1 aromatic carbocycles. The Bertz CT molecular complexity index is 1190. The van der Waals surface area contributed by atoms with Gasteiger partial charge in [0.25, 0.3) is 10.0 Å². The zero-order chi connectivity index (χ0) is 22.2. The lowest BCUT2D eigenvalue weighted by Crippen LogP contribution is -2.59. The minimum Gasteiger partial charge on any atom is -0.339 e. The number of nitrogens with one attached hydrogen (secondary N) is 1. The molecule has 1 aliphatic rings. The van der Waals surface area contributed by atoms with E-state index in [1.165, 1.54) is 16.8 Å². The molecule has 3 aromatic rings. The van der Waals surface area contributed by atoms with Crippen LogP contribution in [0.2, 0.25) is 0 Å². The standard InChI is InChI=1S/C21H26N6O3S/c1-15-10-26(11-16(2)27(15)31(29,30)21-13-25(3)14-23-21)12-20(28)24-19-8-4-7-18-17(19)6-5-9-22-18/h4-9,13-16H,10-12H2,1-3H3,(H,24,28)/t15-,16+. The number of aryl methyl sites for hydroxylation is 1. The average Bonchev–Trinajstić information content (AvgIpc) is 3.15. The van der Waals surface area contributed by atoms with Crippen molar-refractivity contribution in [3.05, 3.63) is 49.1 Å². The number of piperazine rings is 1. The third-order valence-electron chi connectivity index (χ3n) is 5.42. The SMILES string of the molecule is C[C@@H]1CN(CC(=O)Nc2cccc3ncccc23)C[C@H](C)N1S(=O)(=O)c1cn(C)cn1. The van der Waals surface area contributed by atoms with Crippen molar-refractivity contribution in [1.29, 1.82) is 0 Å². The first kappa shape index (κ1) is 21.4. The summed E-state index contributed by atoms with van der Waals surface area (Å²) in [7, 11) is -1.96. The Labute approximate surface area is 181 Å². The van der Waals surface area contributed by atoms with Gasteiger partial charge in [-0.25, -0.2) is 13.4 Å². The number of fused-ring (bicyclic) bond motifs is 1. The van der Waals surface area contributed by atoms with Crippen molar-refractivity contribution >= 4 is 32.5 Å². The molecule has 1 fully saturated rings. The number of benzene rings is 1. The van der Waals surface area contributed by atoms with Gasteiger partial charge in [0.2, 0.25) is 5.91 Å². The maximum absolute atomic E-state index is 13.1. The minimum atomic E-state index is -3.70. The average molecular weight is 443 g/mol. The van der Waals surface area contributed by atoms with Gasteiger partial charge in [0, 0.05) is 50.0 Å². The summed E-state index contributed by atoms with van der Waals surface area (Å²) < 4.78 is 29.2. The molecule has 0 bridgehead atoms. The number of hydrogen-bond acceptors (Lipinski definition) is 6. The summed E-state index contributed by atoms with van der Waals surface area (Å²) in [5.41, 5.74) is 1.53. The van der Waals surface area contributed by atoms with Crippen LogP contribution < -0.4 is 5.32 Å². The molecule has 9 nitrogen and oxygen atoms in total. The van der Waals surface area contributed by atoms with E-state index in [2.05, 4.69) is 15.3 Å². The zero-order valence-electron chi connectivity index (χ0n) is 17.8. The molecule has 1 aliphatic heterocycles. The molecule has 1 amide bonds. The van der Waals surface area contributed by atoms with Crippen LogP contribution in [-0.4, -0.2) is 69.8 Å². The molecule has 31 heavy (non-hydrogen) atoms. The van der Waals surface area contributed by atoms with E-state index < -0.39 is 10.0 Å². The van der Waals surface area contributed by atoms with Gasteiger partial charge in [0.1, 0.15) is 0 Å². The molecule has 2 atom stereocenters. The number of hydrogen-bond donors (Lipinski definition) is 1. The molecule has 0 aliphatic carbocycles. The molecule has 0 radical (unpaired) electrons. The van der Waals surface area contributed by atoms with Crippen molar-refractivity contribution in [2.45, 2.75) is 31.0 Å². The second kappa shape index (κ2) is 8.37. The van der Waals surface area contributed by atoms with E-state index in [-0.39, 0.29) is 29.6 Å². The Morgan fingerprint density at radius 2 is 1.87 bits per heavy atom. The second-order valence-corrected chi connectivity index (χ2v) is 9.82. The maximum atomic E-state index is 13.1. The number of carbonyl (C=O) groups is 1. The van der Waals surface area contributed by atoms with E-state index in [1.54, 1.807) is 17.8 Å². The van der Waals surface area contributed by atoms with Gasteiger partial charge in [0.15, 0.2) is 5.03 Å². The predicted molar refractivity (Wildman–Crippen MR) is 118 cm³/mol. The summed E-state index contributed by atoms with van der Waals surface area (Å²) >= 11 is 0. The fourth-order valence-corrected chi connectivity index (χ4v) is 6.03. The lowest BCUT2D eigenvalue weighted by molar-refractivity contribution is -0.118. The molecule has 0 saturated carbocycles. The molecule has 4 rings (SSSR count). The van der Waals surface area contributed by atoms with Gasteiger partial charge in [-0.15, -0.1) is 0 Å². The quantitative estimate of drug-likeness (QED) is 0.645. The first-order valence-electron chi connectivity index (χ1n) is 10.1. The number of nitrogens with zero attached hydrogens (tertiary/aromatic N) is 5. The van der Waals surface area contributed by atoms with Crippen molar-refractivity contribution in [3.63, 3.8) is 0 Å². The van der Waals surface area contributed by atoms with Crippen LogP contribution in [0.1, 0.15) is 13.8 Å². The van der Waals surface area contributed by atoms with Crippen LogP contribution >= 0.6 is 0 Å². The van der Waals surface area contributed by atoms with Crippen LogP contribution in [0.3, 0.4) is 0 Å². The molecule has 0 unspecified atom stereocenters. The Hall–Kier alpha value is -2.82. The van der Waals surface area contributed by atoms with E-state index >= 15 is 0 Å². The lowest BCUT2D eigenvalue weighted by atomic mass is 10.1. The van der Waals surface area contributed by atoms with Gasteiger partial charge in [-0.1, -0.05) is 6.07 Å². The van der Waals surface area contributed by atoms with Crippen LogP contribution in [0.15, 0.2) is 54.1 Å². The van der Waals surface area contributed by atoms with Crippen molar-refractivity contribution in [2.24, 2.45) is 7.05 Å². The first-order valence-corrected chi connectivity index (χ1v) is 11.6. The highest BCUT2D eigenvalue weighted by Crippen LogP contribution is 2.25. The van der Waals surface area contributed by atoms with Gasteiger partial charge in [-0.3, -0.25) is 14.7 Å². The van der Waals surface area contributed by atoms with Crippen LogP contribution in [0.5, 0.6) is 0 Å². The third kappa shape index (κ3) is 4.32. The van der Waals surface area contributed by atoms with Crippen LogP contribution in [-0.2, 0) is 21.9 Å². The monoisotopic (exact) mass is 442 g/mol. The number of imidazole rings is 1. The number of aromatic nitrogens is 3. The van der Waals surface area contributed by atoms with Crippen molar-refractivity contribution < 1.29 is 13.2 Å². The minimum absolute atomic E-state index is 0.0458. The highest BCUT2D eigenvalue weighted by atomic mass is 32.2. The maximum Gasteiger partial charge on any atom is 0.262 e. The number of pyridine rings is 1. The normalized spacial score (nSPS) is 20.7. The Balaban J connectivity index is 1.44. The molecule has 0 spiro atoms. The Morgan fingerprint density at radius 1 is 1.13 bits per heavy atom. The third-order valence-corrected chi connectivity index (χ3v) is 7.44.